The third-order valence-corrected chi connectivity index (χ3v) is 3.45. The highest BCUT2D eigenvalue weighted by Gasteiger charge is 2.35. The standard InChI is InChI=1S/C14H18BrClO3/c1-13(2,3)19-12(17)14(4,5)18-10-8-6-7-9(15)11(10)16/h6-8H,1-5H3. The molecule has 1 rings (SSSR count). The van der Waals surface area contributed by atoms with Gasteiger partial charge in [0, 0.05) is 4.47 Å². The molecular weight excluding hydrogens is 332 g/mol. The van der Waals surface area contributed by atoms with Gasteiger partial charge in [0.1, 0.15) is 11.4 Å². The summed E-state index contributed by atoms with van der Waals surface area (Å²) in [6, 6.07) is 5.30. The van der Waals surface area contributed by atoms with Crippen LogP contribution in [0.4, 0.5) is 0 Å². The highest BCUT2D eigenvalue weighted by atomic mass is 79.9. The maximum absolute atomic E-state index is 12.1. The lowest BCUT2D eigenvalue weighted by Crippen LogP contribution is -2.43. The molecule has 0 spiro atoms. The zero-order valence-corrected chi connectivity index (χ0v) is 14.1. The molecule has 1 aromatic rings. The average Bonchev–Trinajstić information content (AvgIpc) is 2.22. The monoisotopic (exact) mass is 348 g/mol. The summed E-state index contributed by atoms with van der Waals surface area (Å²) < 4.78 is 11.7. The molecule has 0 saturated heterocycles. The molecule has 19 heavy (non-hydrogen) atoms. The Kier molecular flexibility index (Phi) is 4.91. The van der Waals surface area contributed by atoms with E-state index in [-0.39, 0.29) is 0 Å². The molecule has 0 aliphatic carbocycles. The van der Waals surface area contributed by atoms with Gasteiger partial charge in [-0.3, -0.25) is 0 Å². The van der Waals surface area contributed by atoms with E-state index < -0.39 is 17.2 Å². The third-order valence-electron chi connectivity index (χ3n) is 2.17. The van der Waals surface area contributed by atoms with Crippen LogP contribution in [0.1, 0.15) is 34.6 Å². The molecule has 0 atom stereocenters. The second-order valence-corrected chi connectivity index (χ2v) is 6.90. The van der Waals surface area contributed by atoms with Crippen molar-refractivity contribution in [3.63, 3.8) is 0 Å². The van der Waals surface area contributed by atoms with Crippen LogP contribution in [-0.2, 0) is 9.53 Å². The molecule has 0 bridgehead atoms. The molecule has 0 amide bonds. The van der Waals surface area contributed by atoms with E-state index in [1.807, 2.05) is 20.8 Å². The molecular formula is C14H18BrClO3. The minimum Gasteiger partial charge on any atom is -0.475 e. The van der Waals surface area contributed by atoms with Gasteiger partial charge < -0.3 is 9.47 Å². The highest BCUT2D eigenvalue weighted by molar-refractivity contribution is 9.10. The van der Waals surface area contributed by atoms with Crippen molar-refractivity contribution in [2.45, 2.75) is 45.8 Å². The smallest absolute Gasteiger partial charge is 0.350 e. The Balaban J connectivity index is 2.90. The number of rotatable bonds is 3. The number of benzene rings is 1. The van der Waals surface area contributed by atoms with Gasteiger partial charge in [0.2, 0.25) is 0 Å². The molecule has 0 unspecified atom stereocenters. The SMILES string of the molecule is CC(C)(C)OC(=O)C(C)(C)Oc1cccc(Br)c1Cl. The molecule has 0 N–H and O–H groups in total. The van der Waals surface area contributed by atoms with Crippen molar-refractivity contribution < 1.29 is 14.3 Å². The van der Waals surface area contributed by atoms with Crippen molar-refractivity contribution in [1.29, 1.82) is 0 Å². The van der Waals surface area contributed by atoms with Crippen molar-refractivity contribution in [1.82, 2.24) is 0 Å². The molecule has 0 aromatic heterocycles. The minimum atomic E-state index is -1.11. The minimum absolute atomic E-state index is 0.430. The van der Waals surface area contributed by atoms with E-state index in [2.05, 4.69) is 15.9 Å². The van der Waals surface area contributed by atoms with Crippen molar-refractivity contribution in [2.24, 2.45) is 0 Å². The number of ether oxygens (including phenoxy) is 2. The first kappa shape index (κ1) is 16.3. The van der Waals surface area contributed by atoms with Crippen LogP contribution < -0.4 is 4.74 Å². The fourth-order valence-corrected chi connectivity index (χ4v) is 1.79. The first-order valence-electron chi connectivity index (χ1n) is 5.89. The van der Waals surface area contributed by atoms with Crippen LogP contribution in [0.3, 0.4) is 0 Å². The largest absolute Gasteiger partial charge is 0.475 e. The topological polar surface area (TPSA) is 35.5 Å². The van der Waals surface area contributed by atoms with Gasteiger partial charge in [-0.05, 0) is 62.7 Å². The first-order chi connectivity index (χ1) is 8.53. The lowest BCUT2D eigenvalue weighted by Gasteiger charge is -2.29. The van der Waals surface area contributed by atoms with Crippen molar-refractivity contribution in [3.05, 3.63) is 27.7 Å². The highest BCUT2D eigenvalue weighted by Crippen LogP contribution is 2.34. The maximum atomic E-state index is 12.1. The van der Waals surface area contributed by atoms with Gasteiger partial charge in [0.15, 0.2) is 5.60 Å². The summed E-state index contributed by atoms with van der Waals surface area (Å²) in [5.41, 5.74) is -1.67. The lowest BCUT2D eigenvalue weighted by atomic mass is 10.1. The molecule has 1 aromatic carbocycles. The average molecular weight is 350 g/mol. The number of esters is 1. The van der Waals surface area contributed by atoms with Gasteiger partial charge in [-0.1, -0.05) is 17.7 Å². The fraction of sp³-hybridized carbons (Fsp3) is 0.500. The number of hydrogen-bond donors (Lipinski definition) is 0. The normalized spacial score (nSPS) is 12.2. The predicted molar refractivity (Wildman–Crippen MR) is 79.7 cm³/mol. The van der Waals surface area contributed by atoms with Crippen LogP contribution in [0.15, 0.2) is 22.7 Å². The van der Waals surface area contributed by atoms with Crippen LogP contribution >= 0.6 is 27.5 Å². The zero-order chi connectivity index (χ0) is 14.8. The van der Waals surface area contributed by atoms with E-state index in [0.717, 1.165) is 0 Å². The molecule has 0 radical (unpaired) electrons. The Morgan fingerprint density at radius 2 is 1.79 bits per heavy atom. The number of halogens is 2. The third kappa shape index (κ3) is 4.69. The molecule has 0 aliphatic rings. The maximum Gasteiger partial charge on any atom is 0.350 e. The molecule has 0 heterocycles. The van der Waals surface area contributed by atoms with Crippen LogP contribution in [-0.4, -0.2) is 17.2 Å². The second-order valence-electron chi connectivity index (χ2n) is 5.67. The summed E-state index contributed by atoms with van der Waals surface area (Å²) in [5.74, 6) is 0.00273. The van der Waals surface area contributed by atoms with E-state index in [1.165, 1.54) is 0 Å². The number of carbonyl (C=O) groups is 1. The van der Waals surface area contributed by atoms with E-state index >= 15 is 0 Å². The number of carbonyl (C=O) groups excluding carboxylic acids is 1. The van der Waals surface area contributed by atoms with Crippen LogP contribution in [0.25, 0.3) is 0 Å². The van der Waals surface area contributed by atoms with E-state index in [9.17, 15) is 4.79 Å². The number of hydrogen-bond acceptors (Lipinski definition) is 3. The Bertz CT molecular complexity index is 478. The van der Waals surface area contributed by atoms with Gasteiger partial charge in [-0.25, -0.2) is 4.79 Å². The fourth-order valence-electron chi connectivity index (χ4n) is 1.28. The molecule has 5 heteroatoms. The van der Waals surface area contributed by atoms with Crippen LogP contribution in [0.5, 0.6) is 5.75 Å². The van der Waals surface area contributed by atoms with Crippen LogP contribution in [0, 0.1) is 0 Å². The molecule has 3 nitrogen and oxygen atoms in total. The summed E-state index contributed by atoms with van der Waals surface area (Å²) in [6.07, 6.45) is 0. The Morgan fingerprint density at radius 3 is 2.32 bits per heavy atom. The van der Waals surface area contributed by atoms with E-state index in [0.29, 0.717) is 15.2 Å². The van der Waals surface area contributed by atoms with Crippen LogP contribution in [0.2, 0.25) is 5.02 Å². The lowest BCUT2D eigenvalue weighted by molar-refractivity contribution is -0.170. The quantitative estimate of drug-likeness (QED) is 0.748. The zero-order valence-electron chi connectivity index (χ0n) is 11.7. The van der Waals surface area contributed by atoms with Gasteiger partial charge in [0.05, 0.1) is 5.02 Å². The van der Waals surface area contributed by atoms with Crippen molar-refractivity contribution in [3.8, 4) is 5.75 Å². The predicted octanol–water partition coefficient (Wildman–Crippen LogP) is 4.60. The molecule has 106 valence electrons. The molecule has 0 fully saturated rings. The van der Waals surface area contributed by atoms with Gasteiger partial charge in [0.25, 0.3) is 0 Å². The van der Waals surface area contributed by atoms with Crippen molar-refractivity contribution in [2.75, 3.05) is 0 Å². The first-order valence-corrected chi connectivity index (χ1v) is 7.06. The van der Waals surface area contributed by atoms with Gasteiger partial charge in [-0.2, -0.15) is 0 Å². The Labute approximate surface area is 127 Å². The van der Waals surface area contributed by atoms with E-state index in [1.54, 1.807) is 32.0 Å². The summed E-state index contributed by atoms with van der Waals surface area (Å²) in [7, 11) is 0. The summed E-state index contributed by atoms with van der Waals surface area (Å²) in [4.78, 5) is 12.1. The summed E-state index contributed by atoms with van der Waals surface area (Å²) in [6.45, 7) is 8.74. The Morgan fingerprint density at radius 1 is 1.21 bits per heavy atom. The van der Waals surface area contributed by atoms with E-state index in [4.69, 9.17) is 21.1 Å². The summed E-state index contributed by atoms with van der Waals surface area (Å²) in [5, 5.41) is 0.430. The molecule has 0 saturated carbocycles. The van der Waals surface area contributed by atoms with Crippen molar-refractivity contribution >= 4 is 33.5 Å². The summed E-state index contributed by atoms with van der Waals surface area (Å²) >= 11 is 9.42. The van der Waals surface area contributed by atoms with Gasteiger partial charge >= 0.3 is 5.97 Å². The Hall–Kier alpha value is -0.740. The molecule has 0 aliphatic heterocycles. The van der Waals surface area contributed by atoms with Gasteiger partial charge in [-0.15, -0.1) is 0 Å². The second kappa shape index (κ2) is 5.71.